The van der Waals surface area contributed by atoms with Gasteiger partial charge >= 0.3 is 6.03 Å². The molecule has 2 rings (SSSR count). The van der Waals surface area contributed by atoms with E-state index in [1.807, 2.05) is 19.9 Å². The number of carbonyl (C=O) groups is 2. The number of anilines is 2. The van der Waals surface area contributed by atoms with Crippen LogP contribution in [0, 0.1) is 13.8 Å². The van der Waals surface area contributed by atoms with Crippen molar-refractivity contribution < 1.29 is 9.59 Å². The minimum Gasteiger partial charge on any atom is -0.341 e. The van der Waals surface area contributed by atoms with Crippen LogP contribution in [0.4, 0.5) is 16.2 Å². The highest BCUT2D eigenvalue weighted by Gasteiger charge is 2.07. The largest absolute Gasteiger partial charge is 0.341 e. The first-order valence-electron chi connectivity index (χ1n) is 7.30. The number of rotatable bonds is 5. The average molecular weight is 345 g/mol. The molecule has 126 valence electrons. The summed E-state index contributed by atoms with van der Waals surface area (Å²) in [6, 6.07) is 8.47. The van der Waals surface area contributed by atoms with E-state index >= 15 is 0 Å². The van der Waals surface area contributed by atoms with Crippen molar-refractivity contribution in [2.75, 3.05) is 23.4 Å². The monoisotopic (exact) mass is 345 g/mol. The molecule has 0 aliphatic heterocycles. The van der Waals surface area contributed by atoms with Crippen LogP contribution in [-0.2, 0) is 4.79 Å². The molecule has 24 heavy (non-hydrogen) atoms. The zero-order chi connectivity index (χ0) is 17.5. The second-order valence-corrected chi connectivity index (χ2v) is 5.99. The van der Waals surface area contributed by atoms with Crippen LogP contribution >= 0.6 is 11.8 Å². The summed E-state index contributed by atoms with van der Waals surface area (Å²) in [7, 11) is 1.54. The third kappa shape index (κ3) is 5.54. The molecule has 1 aromatic heterocycles. The van der Waals surface area contributed by atoms with Crippen LogP contribution < -0.4 is 16.0 Å². The molecule has 1 heterocycles. The molecule has 0 aliphatic carbocycles. The van der Waals surface area contributed by atoms with Gasteiger partial charge in [0.25, 0.3) is 0 Å². The zero-order valence-corrected chi connectivity index (χ0v) is 14.5. The van der Waals surface area contributed by atoms with Crippen molar-refractivity contribution in [2.45, 2.75) is 19.0 Å². The number of amides is 3. The molecule has 8 heteroatoms. The molecule has 0 bridgehead atoms. The first-order valence-corrected chi connectivity index (χ1v) is 8.28. The van der Waals surface area contributed by atoms with Crippen LogP contribution in [0.2, 0.25) is 0 Å². The van der Waals surface area contributed by atoms with Gasteiger partial charge in [0, 0.05) is 29.8 Å². The van der Waals surface area contributed by atoms with Crippen molar-refractivity contribution in [1.82, 2.24) is 15.3 Å². The summed E-state index contributed by atoms with van der Waals surface area (Å²) < 4.78 is 0. The smallest absolute Gasteiger partial charge is 0.318 e. The molecule has 1 aromatic carbocycles. The molecule has 0 saturated carbocycles. The van der Waals surface area contributed by atoms with Gasteiger partial charge in [0.05, 0.1) is 5.75 Å². The van der Waals surface area contributed by atoms with E-state index in [1.165, 1.54) is 11.8 Å². The summed E-state index contributed by atoms with van der Waals surface area (Å²) in [6.07, 6.45) is 0. The number of urea groups is 1. The van der Waals surface area contributed by atoms with Gasteiger partial charge in [0.15, 0.2) is 5.16 Å². The molecule has 3 N–H and O–H groups in total. The SMILES string of the molecule is CNC(=O)Nc1ccc(NC(=O)CSc2nc(C)cc(C)n2)cc1. The standard InChI is InChI=1S/C16H19N5O2S/c1-10-8-11(2)19-16(18-10)24-9-14(22)20-12-4-6-13(7-5-12)21-15(23)17-3/h4-8H,9H2,1-3H3,(H,20,22)(H2,17,21,23). The molecule has 0 saturated heterocycles. The first kappa shape index (κ1) is 17.7. The number of hydrogen-bond acceptors (Lipinski definition) is 5. The molecule has 0 spiro atoms. The van der Waals surface area contributed by atoms with E-state index in [2.05, 4.69) is 25.9 Å². The van der Waals surface area contributed by atoms with Gasteiger partial charge in [-0.25, -0.2) is 14.8 Å². The van der Waals surface area contributed by atoms with Gasteiger partial charge in [-0.05, 0) is 44.2 Å². The fourth-order valence-corrected chi connectivity index (χ4v) is 2.67. The van der Waals surface area contributed by atoms with E-state index in [0.29, 0.717) is 16.5 Å². The van der Waals surface area contributed by atoms with Crippen molar-refractivity contribution in [3.8, 4) is 0 Å². The lowest BCUT2D eigenvalue weighted by molar-refractivity contribution is -0.113. The Morgan fingerprint density at radius 3 is 2.08 bits per heavy atom. The summed E-state index contributed by atoms with van der Waals surface area (Å²) in [5, 5.41) is 8.49. The van der Waals surface area contributed by atoms with Gasteiger partial charge in [-0.3, -0.25) is 4.79 Å². The number of thioether (sulfide) groups is 1. The molecule has 0 fully saturated rings. The van der Waals surface area contributed by atoms with Crippen molar-refractivity contribution >= 4 is 35.1 Å². The van der Waals surface area contributed by atoms with Crippen LogP contribution in [0.15, 0.2) is 35.5 Å². The lowest BCUT2D eigenvalue weighted by Gasteiger charge is -2.07. The lowest BCUT2D eigenvalue weighted by Crippen LogP contribution is -2.24. The maximum atomic E-state index is 12.0. The number of carbonyl (C=O) groups excluding carboxylic acids is 2. The Labute approximate surface area is 144 Å². The van der Waals surface area contributed by atoms with Crippen molar-refractivity contribution in [1.29, 1.82) is 0 Å². The zero-order valence-electron chi connectivity index (χ0n) is 13.7. The van der Waals surface area contributed by atoms with Crippen LogP contribution in [0.5, 0.6) is 0 Å². The Hall–Kier alpha value is -2.61. The van der Waals surface area contributed by atoms with Gasteiger partial charge in [0.1, 0.15) is 0 Å². The Kier molecular flexibility index (Phi) is 6.14. The van der Waals surface area contributed by atoms with Crippen molar-refractivity contribution in [3.63, 3.8) is 0 Å². The summed E-state index contributed by atoms with van der Waals surface area (Å²) in [4.78, 5) is 31.8. The number of aryl methyl sites for hydroxylation is 2. The van der Waals surface area contributed by atoms with Gasteiger partial charge in [0.2, 0.25) is 5.91 Å². The normalized spacial score (nSPS) is 10.1. The summed E-state index contributed by atoms with van der Waals surface area (Å²) in [5.41, 5.74) is 3.06. The fraction of sp³-hybridized carbons (Fsp3) is 0.250. The van der Waals surface area contributed by atoms with Crippen LogP contribution in [0.1, 0.15) is 11.4 Å². The maximum Gasteiger partial charge on any atom is 0.318 e. The topological polar surface area (TPSA) is 96.0 Å². The average Bonchev–Trinajstić information content (AvgIpc) is 2.54. The minimum atomic E-state index is -0.295. The summed E-state index contributed by atoms with van der Waals surface area (Å²) >= 11 is 1.29. The highest BCUT2D eigenvalue weighted by molar-refractivity contribution is 7.99. The number of aromatic nitrogens is 2. The van der Waals surface area contributed by atoms with Crippen LogP contribution in [0.3, 0.4) is 0 Å². The highest BCUT2D eigenvalue weighted by atomic mass is 32.2. The maximum absolute atomic E-state index is 12.0. The van der Waals surface area contributed by atoms with Gasteiger partial charge in [-0.1, -0.05) is 11.8 Å². The molecule has 0 radical (unpaired) electrons. The quantitative estimate of drug-likeness (QED) is 0.572. The molecule has 0 unspecified atom stereocenters. The minimum absolute atomic E-state index is 0.144. The number of hydrogen-bond donors (Lipinski definition) is 3. The summed E-state index contributed by atoms with van der Waals surface area (Å²) in [6.45, 7) is 3.79. The van der Waals surface area contributed by atoms with E-state index in [0.717, 1.165) is 11.4 Å². The molecule has 7 nitrogen and oxygen atoms in total. The van der Waals surface area contributed by atoms with E-state index in [9.17, 15) is 9.59 Å². The highest BCUT2D eigenvalue weighted by Crippen LogP contribution is 2.16. The van der Waals surface area contributed by atoms with Gasteiger partial charge in [-0.15, -0.1) is 0 Å². The van der Waals surface area contributed by atoms with Crippen molar-refractivity contribution in [3.05, 3.63) is 41.7 Å². The second kappa shape index (κ2) is 8.30. The number of nitrogens with one attached hydrogen (secondary N) is 3. The Morgan fingerprint density at radius 2 is 1.54 bits per heavy atom. The Bertz CT molecular complexity index is 713. The van der Waals surface area contributed by atoms with E-state index in [-0.39, 0.29) is 17.7 Å². The molecular formula is C16H19N5O2S. The Balaban J connectivity index is 1.86. The summed E-state index contributed by atoms with van der Waals surface area (Å²) in [5.74, 6) is 0.0796. The van der Waals surface area contributed by atoms with Gasteiger partial charge < -0.3 is 16.0 Å². The second-order valence-electron chi connectivity index (χ2n) is 5.05. The molecule has 2 aromatic rings. The fourth-order valence-electron chi connectivity index (χ4n) is 1.92. The van der Waals surface area contributed by atoms with E-state index in [4.69, 9.17) is 0 Å². The molecule has 0 atom stereocenters. The van der Waals surface area contributed by atoms with Gasteiger partial charge in [-0.2, -0.15) is 0 Å². The molecular weight excluding hydrogens is 326 g/mol. The third-order valence-electron chi connectivity index (χ3n) is 2.95. The van der Waals surface area contributed by atoms with Crippen LogP contribution in [0.25, 0.3) is 0 Å². The molecule has 0 aliphatic rings. The lowest BCUT2D eigenvalue weighted by atomic mass is 10.3. The van der Waals surface area contributed by atoms with Crippen LogP contribution in [-0.4, -0.2) is 34.7 Å². The number of benzene rings is 1. The molecule has 3 amide bonds. The van der Waals surface area contributed by atoms with E-state index in [1.54, 1.807) is 31.3 Å². The Morgan fingerprint density at radius 1 is 1.00 bits per heavy atom. The predicted molar refractivity (Wildman–Crippen MR) is 95.4 cm³/mol. The number of nitrogens with zero attached hydrogens (tertiary/aromatic N) is 2. The van der Waals surface area contributed by atoms with E-state index < -0.39 is 0 Å². The first-order chi connectivity index (χ1) is 11.5. The van der Waals surface area contributed by atoms with Crippen molar-refractivity contribution in [2.24, 2.45) is 0 Å². The predicted octanol–water partition coefficient (Wildman–Crippen LogP) is 2.58. The third-order valence-corrected chi connectivity index (χ3v) is 3.80.